The maximum absolute atomic E-state index is 12.5. The number of carbonyl (C=O) groups is 1. The molecular weight excluding hydrogens is 395 g/mol. The van der Waals surface area contributed by atoms with E-state index in [4.69, 9.17) is 27.6 Å². The molecule has 28 heavy (non-hydrogen) atoms. The van der Waals surface area contributed by atoms with Crippen LogP contribution >= 0.6 is 23.2 Å². The van der Waals surface area contributed by atoms with Crippen LogP contribution in [0.1, 0.15) is 21.5 Å². The molecule has 0 atom stereocenters. The summed E-state index contributed by atoms with van der Waals surface area (Å²) in [5.74, 6) is 0.207. The van der Waals surface area contributed by atoms with E-state index in [1.54, 1.807) is 30.3 Å². The highest BCUT2D eigenvalue weighted by molar-refractivity contribution is 6.36. The van der Waals surface area contributed by atoms with E-state index in [1.807, 2.05) is 26.0 Å². The number of nitrogens with zero attached hydrogens (tertiary/aromatic N) is 1. The maximum atomic E-state index is 12.5. The molecule has 1 aromatic heterocycles. The first kappa shape index (κ1) is 18.5. The fourth-order valence-electron chi connectivity index (χ4n) is 3.04. The molecule has 0 aliphatic carbocycles. The van der Waals surface area contributed by atoms with Crippen molar-refractivity contribution in [2.24, 2.45) is 0 Å². The normalized spacial score (nSPS) is 11.0. The molecule has 0 aliphatic rings. The fourth-order valence-corrected chi connectivity index (χ4v) is 3.42. The van der Waals surface area contributed by atoms with E-state index < -0.39 is 0 Å². The number of rotatable bonds is 3. The van der Waals surface area contributed by atoms with E-state index in [0.29, 0.717) is 38.3 Å². The van der Waals surface area contributed by atoms with Gasteiger partial charge in [-0.05, 0) is 61.9 Å². The number of hydrogen-bond donors (Lipinski definition) is 1. The van der Waals surface area contributed by atoms with E-state index in [-0.39, 0.29) is 5.91 Å². The highest BCUT2D eigenvalue weighted by Crippen LogP contribution is 2.29. The van der Waals surface area contributed by atoms with Crippen LogP contribution < -0.4 is 5.32 Å². The Balaban J connectivity index is 1.65. The first-order valence-electron chi connectivity index (χ1n) is 8.65. The van der Waals surface area contributed by atoms with Crippen molar-refractivity contribution in [3.63, 3.8) is 0 Å². The highest BCUT2D eigenvalue weighted by atomic mass is 35.5. The smallest absolute Gasteiger partial charge is 0.257 e. The minimum atomic E-state index is -0.343. The standard InChI is InChI=1S/C22H16Cl2N2O2/c1-12-3-6-16(13(2)9-12)22-26-19-11-15(5-8-20(19)28-22)25-21(27)17-10-14(23)4-7-18(17)24/h3-11H,1-2H3,(H,25,27). The maximum Gasteiger partial charge on any atom is 0.257 e. The average molecular weight is 411 g/mol. The van der Waals surface area contributed by atoms with Crippen molar-refractivity contribution in [2.45, 2.75) is 13.8 Å². The Morgan fingerprint density at radius 1 is 1.00 bits per heavy atom. The van der Waals surface area contributed by atoms with Crippen LogP contribution in [-0.4, -0.2) is 10.9 Å². The molecule has 0 fully saturated rings. The highest BCUT2D eigenvalue weighted by Gasteiger charge is 2.14. The van der Waals surface area contributed by atoms with Gasteiger partial charge in [0.15, 0.2) is 5.58 Å². The zero-order valence-electron chi connectivity index (χ0n) is 15.2. The molecule has 4 rings (SSSR count). The fraction of sp³-hybridized carbons (Fsp3) is 0.0909. The van der Waals surface area contributed by atoms with Crippen molar-refractivity contribution in [1.29, 1.82) is 0 Å². The lowest BCUT2D eigenvalue weighted by Gasteiger charge is -2.07. The predicted molar refractivity (Wildman–Crippen MR) is 113 cm³/mol. The first-order valence-corrected chi connectivity index (χ1v) is 9.41. The molecule has 0 radical (unpaired) electrons. The number of benzene rings is 3. The number of anilines is 1. The second-order valence-corrected chi connectivity index (χ2v) is 7.44. The molecule has 4 nitrogen and oxygen atoms in total. The average Bonchev–Trinajstić information content (AvgIpc) is 3.06. The summed E-state index contributed by atoms with van der Waals surface area (Å²) in [7, 11) is 0. The number of halogens is 2. The topological polar surface area (TPSA) is 55.1 Å². The lowest BCUT2D eigenvalue weighted by Crippen LogP contribution is -2.12. The number of hydrogen-bond acceptors (Lipinski definition) is 3. The lowest BCUT2D eigenvalue weighted by molar-refractivity contribution is 0.102. The summed E-state index contributed by atoms with van der Waals surface area (Å²) >= 11 is 12.1. The zero-order valence-corrected chi connectivity index (χ0v) is 16.7. The number of oxazole rings is 1. The van der Waals surface area contributed by atoms with Crippen LogP contribution in [0.25, 0.3) is 22.6 Å². The van der Waals surface area contributed by atoms with E-state index in [0.717, 1.165) is 11.1 Å². The van der Waals surface area contributed by atoms with Gasteiger partial charge in [0.05, 0.1) is 10.6 Å². The Labute approximate surface area is 172 Å². The summed E-state index contributed by atoms with van der Waals surface area (Å²) in [6, 6.07) is 16.2. The zero-order chi connectivity index (χ0) is 19.8. The SMILES string of the molecule is Cc1ccc(-c2nc3cc(NC(=O)c4cc(Cl)ccc4Cl)ccc3o2)c(C)c1. The Morgan fingerprint density at radius 2 is 1.82 bits per heavy atom. The first-order chi connectivity index (χ1) is 13.4. The van der Waals surface area contributed by atoms with E-state index in [1.165, 1.54) is 11.6 Å². The number of carbonyl (C=O) groups excluding carboxylic acids is 1. The van der Waals surface area contributed by atoms with E-state index >= 15 is 0 Å². The van der Waals surface area contributed by atoms with Crippen LogP contribution in [0.15, 0.2) is 59.0 Å². The Hall–Kier alpha value is -2.82. The van der Waals surface area contributed by atoms with Crippen LogP contribution in [-0.2, 0) is 0 Å². The molecular formula is C22H16Cl2N2O2. The number of aryl methyl sites for hydroxylation is 2. The number of amides is 1. The van der Waals surface area contributed by atoms with Gasteiger partial charge in [-0.3, -0.25) is 4.79 Å². The summed E-state index contributed by atoms with van der Waals surface area (Å²) in [6.45, 7) is 4.07. The number of nitrogens with one attached hydrogen (secondary N) is 1. The molecule has 1 amide bonds. The molecule has 0 spiro atoms. The Kier molecular flexibility index (Phi) is 4.84. The van der Waals surface area contributed by atoms with Crippen molar-refractivity contribution < 1.29 is 9.21 Å². The van der Waals surface area contributed by atoms with E-state index in [2.05, 4.69) is 16.4 Å². The summed E-state index contributed by atoms with van der Waals surface area (Å²) in [6.07, 6.45) is 0. The van der Waals surface area contributed by atoms with Gasteiger partial charge in [0.2, 0.25) is 5.89 Å². The van der Waals surface area contributed by atoms with Gasteiger partial charge in [-0.1, -0.05) is 40.9 Å². The minimum Gasteiger partial charge on any atom is -0.436 e. The van der Waals surface area contributed by atoms with Gasteiger partial charge in [0, 0.05) is 16.3 Å². The van der Waals surface area contributed by atoms with Crippen molar-refractivity contribution in [3.05, 3.63) is 81.3 Å². The molecule has 1 heterocycles. The Bertz CT molecular complexity index is 1210. The monoisotopic (exact) mass is 410 g/mol. The minimum absolute atomic E-state index is 0.311. The molecule has 140 valence electrons. The van der Waals surface area contributed by atoms with Crippen LogP contribution in [0.5, 0.6) is 0 Å². The molecule has 0 saturated heterocycles. The van der Waals surface area contributed by atoms with Gasteiger partial charge in [-0.25, -0.2) is 4.98 Å². The molecule has 6 heteroatoms. The largest absolute Gasteiger partial charge is 0.436 e. The number of aromatic nitrogens is 1. The van der Waals surface area contributed by atoms with Gasteiger partial charge in [-0.15, -0.1) is 0 Å². The molecule has 0 aliphatic heterocycles. The quantitative estimate of drug-likeness (QED) is 0.410. The lowest BCUT2D eigenvalue weighted by atomic mass is 10.1. The van der Waals surface area contributed by atoms with Crippen LogP contribution in [0.3, 0.4) is 0 Å². The van der Waals surface area contributed by atoms with Crippen molar-refractivity contribution in [2.75, 3.05) is 5.32 Å². The molecule has 0 unspecified atom stereocenters. The predicted octanol–water partition coefficient (Wildman–Crippen LogP) is 6.67. The third-order valence-corrected chi connectivity index (χ3v) is 5.00. The van der Waals surface area contributed by atoms with Crippen molar-refractivity contribution in [3.8, 4) is 11.5 Å². The van der Waals surface area contributed by atoms with Crippen molar-refractivity contribution >= 4 is 45.9 Å². The summed E-state index contributed by atoms with van der Waals surface area (Å²) in [5.41, 5.74) is 5.42. The molecule has 4 aromatic rings. The van der Waals surface area contributed by atoms with Crippen LogP contribution in [0.2, 0.25) is 10.0 Å². The van der Waals surface area contributed by atoms with Crippen molar-refractivity contribution in [1.82, 2.24) is 4.98 Å². The second-order valence-electron chi connectivity index (χ2n) is 6.60. The molecule has 1 N–H and O–H groups in total. The second kappa shape index (κ2) is 7.30. The van der Waals surface area contributed by atoms with Gasteiger partial charge < -0.3 is 9.73 Å². The summed E-state index contributed by atoms with van der Waals surface area (Å²) in [4.78, 5) is 17.1. The molecule has 0 bridgehead atoms. The van der Waals surface area contributed by atoms with Gasteiger partial charge in [0.25, 0.3) is 5.91 Å². The molecule has 3 aromatic carbocycles. The third-order valence-electron chi connectivity index (χ3n) is 4.43. The third kappa shape index (κ3) is 3.61. The van der Waals surface area contributed by atoms with Gasteiger partial charge in [-0.2, -0.15) is 0 Å². The van der Waals surface area contributed by atoms with Crippen LogP contribution in [0.4, 0.5) is 5.69 Å². The number of fused-ring (bicyclic) bond motifs is 1. The molecule has 0 saturated carbocycles. The van der Waals surface area contributed by atoms with E-state index in [9.17, 15) is 4.79 Å². The van der Waals surface area contributed by atoms with Gasteiger partial charge >= 0.3 is 0 Å². The Morgan fingerprint density at radius 3 is 2.61 bits per heavy atom. The van der Waals surface area contributed by atoms with Crippen LogP contribution in [0, 0.1) is 13.8 Å². The summed E-state index contributed by atoms with van der Waals surface area (Å²) < 4.78 is 5.89. The van der Waals surface area contributed by atoms with Gasteiger partial charge in [0.1, 0.15) is 5.52 Å². The summed E-state index contributed by atoms with van der Waals surface area (Å²) in [5, 5.41) is 3.60.